The number of fused-ring (bicyclic) bond motifs is 1. The van der Waals surface area contributed by atoms with Crippen LogP contribution in [0.1, 0.15) is 27.2 Å². The fourth-order valence-electron chi connectivity index (χ4n) is 3.89. The van der Waals surface area contributed by atoms with Crippen molar-refractivity contribution in [3.05, 3.63) is 46.6 Å². The number of ether oxygens (including phenoxy) is 1. The molecule has 1 amide bonds. The number of amides is 1. The van der Waals surface area contributed by atoms with Gasteiger partial charge >= 0.3 is 0 Å². The molecule has 1 fully saturated rings. The number of carbonyl (C=O) groups excluding carboxylic acids is 1. The average Bonchev–Trinajstić information content (AvgIpc) is 3.32. The maximum absolute atomic E-state index is 13.1. The van der Waals surface area contributed by atoms with Crippen LogP contribution >= 0.6 is 11.3 Å². The summed E-state index contributed by atoms with van der Waals surface area (Å²) in [6.45, 7) is 5.30. The Morgan fingerprint density at radius 3 is 2.70 bits per heavy atom. The molecule has 3 heterocycles. The van der Waals surface area contributed by atoms with E-state index in [-0.39, 0.29) is 23.3 Å². The summed E-state index contributed by atoms with van der Waals surface area (Å²) in [5, 5.41) is 4.11. The smallest absolute Gasteiger partial charge is 0.264 e. The van der Waals surface area contributed by atoms with Gasteiger partial charge in [-0.1, -0.05) is 17.7 Å². The molecule has 0 bridgehead atoms. The zero-order valence-electron chi connectivity index (χ0n) is 19.0. The molecule has 33 heavy (non-hydrogen) atoms. The van der Waals surface area contributed by atoms with Gasteiger partial charge < -0.3 is 15.0 Å². The standard InChI is InChI=1S/C23H28N4O4S2/c1-15-4-6-18(7-5-15)31-10-9-27(3)23(28)20-16(2)19-21(25-14-26-22(19)32-20)24-12-17-8-11-33(29,30)13-17/h4-7,14,17H,8-13H2,1-3H3,(H,24,25,26). The Morgan fingerprint density at radius 1 is 1.24 bits per heavy atom. The van der Waals surface area contributed by atoms with Crippen LogP contribution in [0.4, 0.5) is 5.82 Å². The highest BCUT2D eigenvalue weighted by molar-refractivity contribution is 7.91. The van der Waals surface area contributed by atoms with Crippen molar-refractivity contribution in [3.8, 4) is 5.75 Å². The molecule has 10 heteroatoms. The Kier molecular flexibility index (Phi) is 6.85. The van der Waals surface area contributed by atoms with Gasteiger partial charge in [0.25, 0.3) is 5.91 Å². The SMILES string of the molecule is Cc1ccc(OCCN(C)C(=O)c2sc3ncnc(NCC4CCS(=O)(=O)C4)c3c2C)cc1. The van der Waals surface area contributed by atoms with Crippen LogP contribution in [0.3, 0.4) is 0 Å². The number of aryl methyl sites for hydroxylation is 2. The van der Waals surface area contributed by atoms with E-state index in [2.05, 4.69) is 15.3 Å². The van der Waals surface area contributed by atoms with Crippen molar-refractivity contribution < 1.29 is 17.9 Å². The van der Waals surface area contributed by atoms with Crippen LogP contribution in [0.5, 0.6) is 5.75 Å². The molecule has 0 spiro atoms. The van der Waals surface area contributed by atoms with Gasteiger partial charge in [0.05, 0.1) is 28.3 Å². The molecule has 0 saturated carbocycles. The number of sulfone groups is 1. The molecule has 1 saturated heterocycles. The number of carbonyl (C=O) groups is 1. The summed E-state index contributed by atoms with van der Waals surface area (Å²) in [5.74, 6) is 1.85. The van der Waals surface area contributed by atoms with E-state index in [0.29, 0.717) is 36.8 Å². The van der Waals surface area contributed by atoms with E-state index in [1.807, 2.05) is 38.1 Å². The van der Waals surface area contributed by atoms with Crippen LogP contribution < -0.4 is 10.1 Å². The lowest BCUT2D eigenvalue weighted by Gasteiger charge is -2.17. The molecule has 1 atom stereocenters. The van der Waals surface area contributed by atoms with Crippen LogP contribution in [0.2, 0.25) is 0 Å². The van der Waals surface area contributed by atoms with Gasteiger partial charge in [0.1, 0.15) is 29.3 Å². The molecule has 1 N–H and O–H groups in total. The maximum Gasteiger partial charge on any atom is 0.264 e. The molecule has 176 valence electrons. The van der Waals surface area contributed by atoms with Gasteiger partial charge in [-0.25, -0.2) is 18.4 Å². The molecule has 3 aromatic rings. The van der Waals surface area contributed by atoms with Gasteiger partial charge in [0.15, 0.2) is 9.84 Å². The van der Waals surface area contributed by atoms with E-state index >= 15 is 0 Å². The van der Waals surface area contributed by atoms with Crippen molar-refractivity contribution in [1.29, 1.82) is 0 Å². The molecule has 0 radical (unpaired) electrons. The lowest BCUT2D eigenvalue weighted by Crippen LogP contribution is -2.30. The highest BCUT2D eigenvalue weighted by atomic mass is 32.2. The van der Waals surface area contributed by atoms with Crippen molar-refractivity contribution in [1.82, 2.24) is 14.9 Å². The van der Waals surface area contributed by atoms with Crippen LogP contribution in [0.15, 0.2) is 30.6 Å². The fourth-order valence-corrected chi connectivity index (χ4v) is 6.90. The molecular formula is C23H28N4O4S2. The fraction of sp³-hybridized carbons (Fsp3) is 0.435. The minimum absolute atomic E-state index is 0.0692. The minimum atomic E-state index is -2.93. The van der Waals surface area contributed by atoms with Gasteiger partial charge in [-0.2, -0.15) is 0 Å². The summed E-state index contributed by atoms with van der Waals surface area (Å²) < 4.78 is 29.2. The second-order valence-corrected chi connectivity index (χ2v) is 11.7. The number of nitrogens with one attached hydrogen (secondary N) is 1. The lowest BCUT2D eigenvalue weighted by molar-refractivity contribution is 0.0778. The normalized spacial score (nSPS) is 17.2. The first kappa shape index (κ1) is 23.4. The number of nitrogens with zero attached hydrogens (tertiary/aromatic N) is 3. The molecule has 1 unspecified atom stereocenters. The third-order valence-corrected chi connectivity index (χ3v) is 8.89. The van der Waals surface area contributed by atoms with Crippen molar-refractivity contribution in [3.63, 3.8) is 0 Å². The molecule has 1 aliphatic heterocycles. The Labute approximate surface area is 197 Å². The Hall–Kier alpha value is -2.72. The van der Waals surface area contributed by atoms with Crippen molar-refractivity contribution in [2.24, 2.45) is 5.92 Å². The van der Waals surface area contributed by atoms with Crippen molar-refractivity contribution >= 4 is 43.1 Å². The number of anilines is 1. The number of benzene rings is 1. The molecule has 2 aromatic heterocycles. The van der Waals surface area contributed by atoms with Gasteiger partial charge in [0.2, 0.25) is 0 Å². The van der Waals surface area contributed by atoms with Crippen LogP contribution in [-0.4, -0.2) is 67.4 Å². The van der Waals surface area contributed by atoms with Crippen molar-refractivity contribution in [2.75, 3.05) is 43.6 Å². The molecular weight excluding hydrogens is 460 g/mol. The zero-order valence-corrected chi connectivity index (χ0v) is 20.6. The van der Waals surface area contributed by atoms with E-state index in [1.54, 1.807) is 11.9 Å². The van der Waals surface area contributed by atoms with Crippen molar-refractivity contribution in [2.45, 2.75) is 20.3 Å². The first-order chi connectivity index (χ1) is 15.7. The molecule has 0 aliphatic carbocycles. The summed E-state index contributed by atoms with van der Waals surface area (Å²) in [7, 11) is -1.17. The van der Waals surface area contributed by atoms with Gasteiger partial charge in [-0.3, -0.25) is 4.79 Å². The highest BCUT2D eigenvalue weighted by Gasteiger charge is 2.28. The van der Waals surface area contributed by atoms with Gasteiger partial charge in [-0.05, 0) is 43.9 Å². The third kappa shape index (κ3) is 5.44. The largest absolute Gasteiger partial charge is 0.492 e. The predicted octanol–water partition coefficient (Wildman–Crippen LogP) is 3.31. The predicted molar refractivity (Wildman–Crippen MR) is 131 cm³/mol. The van der Waals surface area contributed by atoms with Crippen LogP contribution in [0, 0.1) is 19.8 Å². The Morgan fingerprint density at radius 2 is 2.00 bits per heavy atom. The van der Waals surface area contributed by atoms with Gasteiger partial charge in [-0.15, -0.1) is 11.3 Å². The summed E-state index contributed by atoms with van der Waals surface area (Å²) in [6, 6.07) is 7.81. The maximum atomic E-state index is 13.1. The second kappa shape index (κ2) is 9.64. The number of thiophene rings is 1. The summed E-state index contributed by atoms with van der Waals surface area (Å²) in [5.41, 5.74) is 1.99. The quantitative estimate of drug-likeness (QED) is 0.519. The molecule has 1 aromatic carbocycles. The first-order valence-electron chi connectivity index (χ1n) is 10.9. The van der Waals surface area contributed by atoms with E-state index in [9.17, 15) is 13.2 Å². The van der Waals surface area contributed by atoms with E-state index in [0.717, 1.165) is 21.5 Å². The topological polar surface area (TPSA) is 101 Å². The molecule has 1 aliphatic rings. The van der Waals surface area contributed by atoms with Crippen LogP contribution in [0.25, 0.3) is 10.2 Å². The van der Waals surface area contributed by atoms with E-state index < -0.39 is 9.84 Å². The third-order valence-electron chi connectivity index (χ3n) is 5.87. The number of aromatic nitrogens is 2. The second-order valence-electron chi connectivity index (χ2n) is 8.50. The Balaban J connectivity index is 1.42. The lowest BCUT2D eigenvalue weighted by atomic mass is 10.1. The monoisotopic (exact) mass is 488 g/mol. The van der Waals surface area contributed by atoms with E-state index in [1.165, 1.54) is 23.2 Å². The zero-order chi connectivity index (χ0) is 23.6. The summed E-state index contributed by atoms with van der Waals surface area (Å²) in [4.78, 5) is 24.8. The number of rotatable bonds is 8. The highest BCUT2D eigenvalue weighted by Crippen LogP contribution is 2.34. The number of hydrogen-bond acceptors (Lipinski definition) is 8. The number of likely N-dealkylation sites (N-methyl/N-ethyl adjacent to an activating group) is 1. The van der Waals surface area contributed by atoms with Crippen LogP contribution in [-0.2, 0) is 9.84 Å². The molecule has 8 nitrogen and oxygen atoms in total. The first-order valence-corrected chi connectivity index (χ1v) is 13.5. The average molecular weight is 489 g/mol. The summed E-state index contributed by atoms with van der Waals surface area (Å²) in [6.07, 6.45) is 2.13. The summed E-state index contributed by atoms with van der Waals surface area (Å²) >= 11 is 1.34. The van der Waals surface area contributed by atoms with E-state index in [4.69, 9.17) is 4.74 Å². The van der Waals surface area contributed by atoms with Gasteiger partial charge in [0, 0.05) is 13.6 Å². The minimum Gasteiger partial charge on any atom is -0.492 e. The number of hydrogen-bond donors (Lipinski definition) is 1. The Bertz CT molecular complexity index is 1260. The molecule has 4 rings (SSSR count).